The molecule has 0 aromatic rings. The Kier molecular flexibility index (Phi) is 3.84. The van der Waals surface area contributed by atoms with Crippen molar-refractivity contribution in [1.29, 1.82) is 0 Å². The van der Waals surface area contributed by atoms with Crippen LogP contribution in [0, 0.1) is 0 Å². The number of isocyanates is 1. The molecule has 1 aliphatic heterocycles. The molecule has 0 radical (unpaired) electrons. The van der Waals surface area contributed by atoms with E-state index in [4.69, 9.17) is 0 Å². The van der Waals surface area contributed by atoms with Crippen LogP contribution in [0.25, 0.3) is 0 Å². The van der Waals surface area contributed by atoms with Crippen molar-refractivity contribution in [3.8, 4) is 0 Å². The highest BCUT2D eigenvalue weighted by Crippen LogP contribution is 2.20. The molecule has 0 spiro atoms. The summed E-state index contributed by atoms with van der Waals surface area (Å²) in [5.74, 6) is 0. The van der Waals surface area contributed by atoms with Gasteiger partial charge in [-0.3, -0.25) is 0 Å². The second-order valence-electron chi connectivity index (χ2n) is 3.42. The highest BCUT2D eigenvalue weighted by molar-refractivity contribution is 8.07. The smallest absolute Gasteiger partial charge is 0.211 e. The predicted octanol–water partition coefficient (Wildman–Crippen LogP) is -0.576. The quantitative estimate of drug-likeness (QED) is 0.501. The van der Waals surface area contributed by atoms with Gasteiger partial charge in [-0.2, -0.15) is 0 Å². The minimum absolute atomic E-state index is 0.312. The van der Waals surface area contributed by atoms with Crippen LogP contribution in [0.3, 0.4) is 0 Å². The largest absolute Gasteiger partial charge is 0.281 e. The second kappa shape index (κ2) is 4.62. The summed E-state index contributed by atoms with van der Waals surface area (Å²) in [7, 11) is -8.28. The summed E-state index contributed by atoms with van der Waals surface area (Å²) >= 11 is 0. The number of carbonyl (C=O) groups excluding carboxylic acids is 1. The summed E-state index contributed by atoms with van der Waals surface area (Å²) in [6.07, 6.45) is 2.28. The number of rotatable bonds is 4. The standard InChI is InChI=1S/C7H12N2O5S2/c1-7(15(11,12)8-6-10)16(13,14)9-4-2-3-5-9/h7H,2-5H2,1H3. The maximum atomic E-state index is 11.8. The highest BCUT2D eigenvalue weighted by Gasteiger charge is 2.39. The van der Waals surface area contributed by atoms with Crippen LogP contribution in [0.1, 0.15) is 19.8 Å². The molecule has 0 aliphatic carbocycles. The van der Waals surface area contributed by atoms with Gasteiger partial charge in [-0.05, 0) is 19.8 Å². The van der Waals surface area contributed by atoms with Crippen LogP contribution in [0.5, 0.6) is 0 Å². The lowest BCUT2D eigenvalue weighted by molar-refractivity contribution is 0.474. The number of sulfonamides is 2. The Balaban J connectivity index is 3.05. The van der Waals surface area contributed by atoms with Crippen LogP contribution >= 0.6 is 0 Å². The van der Waals surface area contributed by atoms with Crippen molar-refractivity contribution in [3.05, 3.63) is 0 Å². The average Bonchev–Trinajstić information content (AvgIpc) is 2.69. The highest BCUT2D eigenvalue weighted by atomic mass is 32.3. The molecular weight excluding hydrogens is 256 g/mol. The van der Waals surface area contributed by atoms with Crippen LogP contribution in [-0.4, -0.2) is 44.9 Å². The Labute approximate surface area is 94.3 Å². The molecule has 1 saturated heterocycles. The van der Waals surface area contributed by atoms with Crippen molar-refractivity contribution < 1.29 is 21.6 Å². The summed E-state index contributed by atoms with van der Waals surface area (Å²) in [6.45, 7) is 1.63. The first kappa shape index (κ1) is 13.3. The van der Waals surface area contributed by atoms with E-state index < -0.39 is 24.6 Å². The van der Waals surface area contributed by atoms with Crippen LogP contribution in [0.15, 0.2) is 4.40 Å². The molecule has 0 N–H and O–H groups in total. The zero-order chi connectivity index (χ0) is 12.4. The molecule has 0 aromatic carbocycles. The molecule has 1 rings (SSSR count). The third-order valence-corrected chi connectivity index (χ3v) is 6.98. The van der Waals surface area contributed by atoms with Gasteiger partial charge < -0.3 is 0 Å². The van der Waals surface area contributed by atoms with Crippen molar-refractivity contribution in [3.63, 3.8) is 0 Å². The van der Waals surface area contributed by atoms with Crippen molar-refractivity contribution in [2.24, 2.45) is 4.40 Å². The fraction of sp³-hybridized carbons (Fsp3) is 0.857. The van der Waals surface area contributed by atoms with E-state index in [1.807, 2.05) is 0 Å². The van der Waals surface area contributed by atoms with Gasteiger partial charge in [0.25, 0.3) is 16.1 Å². The van der Waals surface area contributed by atoms with E-state index in [1.54, 1.807) is 0 Å². The Morgan fingerprint density at radius 2 is 1.69 bits per heavy atom. The molecule has 0 amide bonds. The van der Waals surface area contributed by atoms with Crippen molar-refractivity contribution >= 4 is 26.1 Å². The minimum atomic E-state index is -4.33. The van der Waals surface area contributed by atoms with Gasteiger partial charge in [0.05, 0.1) is 0 Å². The molecule has 0 saturated carbocycles. The first-order chi connectivity index (χ1) is 7.32. The molecule has 1 heterocycles. The maximum Gasteiger partial charge on any atom is 0.281 e. The van der Waals surface area contributed by atoms with Gasteiger partial charge in [-0.1, -0.05) is 4.40 Å². The lowest BCUT2D eigenvalue weighted by Crippen LogP contribution is -2.38. The van der Waals surface area contributed by atoms with E-state index in [9.17, 15) is 21.6 Å². The van der Waals surface area contributed by atoms with Crippen LogP contribution < -0.4 is 0 Å². The Hall–Kier alpha value is -0.760. The molecule has 92 valence electrons. The SMILES string of the molecule is CC(S(=O)(=O)N=C=O)S(=O)(=O)N1CCCC1. The van der Waals surface area contributed by atoms with Gasteiger partial charge in [0.1, 0.15) is 0 Å². The zero-order valence-corrected chi connectivity index (χ0v) is 10.3. The van der Waals surface area contributed by atoms with E-state index >= 15 is 0 Å². The van der Waals surface area contributed by atoms with Crippen LogP contribution in [0.4, 0.5) is 0 Å². The maximum absolute atomic E-state index is 11.8. The number of hydrogen-bond donors (Lipinski definition) is 0. The summed E-state index contributed by atoms with van der Waals surface area (Å²) in [4.78, 5) is 9.89. The van der Waals surface area contributed by atoms with Gasteiger partial charge in [0.2, 0.25) is 10.0 Å². The number of hydrogen-bond acceptors (Lipinski definition) is 5. The van der Waals surface area contributed by atoms with E-state index in [-0.39, 0.29) is 0 Å². The van der Waals surface area contributed by atoms with E-state index in [1.165, 1.54) is 0 Å². The number of nitrogens with zero attached hydrogens (tertiary/aromatic N) is 2. The van der Waals surface area contributed by atoms with E-state index in [0.717, 1.165) is 17.3 Å². The summed E-state index contributed by atoms with van der Waals surface area (Å²) in [6, 6.07) is 0. The molecule has 1 unspecified atom stereocenters. The summed E-state index contributed by atoms with van der Waals surface area (Å²) in [5.41, 5.74) is 0. The topological polar surface area (TPSA) is 101 Å². The fourth-order valence-electron chi connectivity index (χ4n) is 1.43. The Morgan fingerprint density at radius 3 is 2.12 bits per heavy atom. The van der Waals surface area contributed by atoms with Gasteiger partial charge in [-0.25, -0.2) is 25.9 Å². The zero-order valence-electron chi connectivity index (χ0n) is 8.66. The average molecular weight is 268 g/mol. The normalized spacial score (nSPS) is 20.3. The molecule has 7 nitrogen and oxygen atoms in total. The van der Waals surface area contributed by atoms with E-state index in [2.05, 4.69) is 4.40 Å². The third-order valence-electron chi connectivity index (χ3n) is 2.43. The van der Waals surface area contributed by atoms with Crippen LogP contribution in [-0.2, 0) is 24.8 Å². The van der Waals surface area contributed by atoms with Gasteiger partial charge >= 0.3 is 0 Å². The second-order valence-corrected chi connectivity index (χ2v) is 7.89. The Bertz CT molecular complexity index is 497. The predicted molar refractivity (Wildman–Crippen MR) is 56.2 cm³/mol. The molecule has 1 fully saturated rings. The third kappa shape index (κ3) is 2.49. The monoisotopic (exact) mass is 268 g/mol. The molecular formula is C7H12N2O5S2. The summed E-state index contributed by atoms with van der Waals surface area (Å²) < 4.78 is 48.1. The molecule has 0 aromatic heterocycles. The first-order valence-corrected chi connectivity index (χ1v) is 7.65. The lowest BCUT2D eigenvalue weighted by Gasteiger charge is -2.18. The van der Waals surface area contributed by atoms with Crippen molar-refractivity contribution in [2.75, 3.05) is 13.1 Å². The van der Waals surface area contributed by atoms with Crippen molar-refractivity contribution in [1.82, 2.24) is 4.31 Å². The molecule has 16 heavy (non-hydrogen) atoms. The molecule has 1 aliphatic rings. The Morgan fingerprint density at radius 1 is 1.19 bits per heavy atom. The molecule has 9 heteroatoms. The minimum Gasteiger partial charge on any atom is -0.211 e. The van der Waals surface area contributed by atoms with Crippen molar-refractivity contribution in [2.45, 2.75) is 24.3 Å². The first-order valence-electron chi connectivity index (χ1n) is 4.64. The molecule has 1 atom stereocenters. The van der Waals surface area contributed by atoms with Crippen LogP contribution in [0.2, 0.25) is 0 Å². The van der Waals surface area contributed by atoms with Gasteiger partial charge in [-0.15, -0.1) is 0 Å². The van der Waals surface area contributed by atoms with Gasteiger partial charge in [0.15, 0.2) is 4.58 Å². The van der Waals surface area contributed by atoms with Gasteiger partial charge in [0, 0.05) is 13.1 Å². The van der Waals surface area contributed by atoms with E-state index in [0.29, 0.717) is 25.9 Å². The summed E-state index contributed by atoms with van der Waals surface area (Å²) in [5, 5.41) is 0. The lowest BCUT2D eigenvalue weighted by atomic mass is 10.4. The fourth-order valence-corrected chi connectivity index (χ4v) is 4.60. The molecule has 0 bridgehead atoms.